The first kappa shape index (κ1) is 17.2. The second-order valence-electron chi connectivity index (χ2n) is 5.68. The predicted molar refractivity (Wildman–Crippen MR) is 100 cm³/mol. The maximum absolute atomic E-state index is 12.6. The quantitative estimate of drug-likeness (QED) is 0.710. The number of pyridine rings is 1. The van der Waals surface area contributed by atoms with Crippen molar-refractivity contribution < 1.29 is 4.79 Å². The number of benzene rings is 1. The van der Waals surface area contributed by atoms with Crippen molar-refractivity contribution in [2.45, 2.75) is 24.8 Å². The summed E-state index contributed by atoms with van der Waals surface area (Å²) in [5.41, 5.74) is 2.63. The van der Waals surface area contributed by atoms with Crippen molar-refractivity contribution in [3.8, 4) is 5.82 Å². The van der Waals surface area contributed by atoms with Crippen LogP contribution in [0.15, 0.2) is 59.8 Å². The highest BCUT2D eigenvalue weighted by Crippen LogP contribution is 2.23. The molecule has 3 rings (SSSR count). The van der Waals surface area contributed by atoms with Gasteiger partial charge in [-0.25, -0.2) is 9.67 Å². The first-order valence-corrected chi connectivity index (χ1v) is 9.24. The molecule has 1 N–H and O–H groups in total. The van der Waals surface area contributed by atoms with E-state index >= 15 is 0 Å². The summed E-state index contributed by atoms with van der Waals surface area (Å²) in [6.07, 6.45) is 5.49. The zero-order valence-electron chi connectivity index (χ0n) is 14.4. The Labute approximate surface area is 151 Å². The van der Waals surface area contributed by atoms with E-state index in [1.165, 1.54) is 0 Å². The van der Waals surface area contributed by atoms with E-state index < -0.39 is 0 Å². The van der Waals surface area contributed by atoms with Crippen LogP contribution < -0.4 is 5.32 Å². The lowest BCUT2D eigenvalue weighted by molar-refractivity contribution is 0.0937. The number of thioether (sulfide) groups is 1. The van der Waals surface area contributed by atoms with Gasteiger partial charge in [-0.2, -0.15) is 5.10 Å². The van der Waals surface area contributed by atoms with Crippen molar-refractivity contribution in [2.75, 3.05) is 6.26 Å². The van der Waals surface area contributed by atoms with Crippen molar-refractivity contribution >= 4 is 17.7 Å². The van der Waals surface area contributed by atoms with Gasteiger partial charge in [0.05, 0.1) is 17.8 Å². The van der Waals surface area contributed by atoms with Crippen LogP contribution >= 0.6 is 11.8 Å². The van der Waals surface area contributed by atoms with Crippen LogP contribution in [0.25, 0.3) is 5.82 Å². The van der Waals surface area contributed by atoms with Gasteiger partial charge in [0.25, 0.3) is 5.91 Å². The fourth-order valence-corrected chi connectivity index (χ4v) is 3.34. The number of hydrogen-bond acceptors (Lipinski definition) is 4. The van der Waals surface area contributed by atoms with E-state index in [1.54, 1.807) is 28.8 Å². The van der Waals surface area contributed by atoms with Gasteiger partial charge in [0.1, 0.15) is 0 Å². The zero-order chi connectivity index (χ0) is 17.8. The Hall–Kier alpha value is -2.60. The summed E-state index contributed by atoms with van der Waals surface area (Å²) in [5, 5.41) is 7.49. The number of aromatic nitrogens is 3. The molecular formula is C19H20N4OS. The Morgan fingerprint density at radius 2 is 1.96 bits per heavy atom. The smallest absolute Gasteiger partial charge is 0.252 e. The summed E-state index contributed by atoms with van der Waals surface area (Å²) in [6, 6.07) is 13.2. The maximum atomic E-state index is 12.6. The fraction of sp³-hybridized carbons (Fsp3) is 0.211. The number of nitrogens with zero attached hydrogens (tertiary/aromatic N) is 3. The molecule has 0 spiro atoms. The van der Waals surface area contributed by atoms with Crippen LogP contribution in [0.1, 0.15) is 34.6 Å². The van der Waals surface area contributed by atoms with Gasteiger partial charge in [-0.15, -0.1) is 11.8 Å². The summed E-state index contributed by atoms with van der Waals surface area (Å²) in [4.78, 5) is 17.9. The standard InChI is InChI=1S/C19H20N4OS/c1-13(22-19(24)15-8-4-5-9-17(15)25-3)16-12-21-23(14(16)2)18-10-6-7-11-20-18/h4-13H,1-3H3,(H,22,24)/t13-/m1/s1. The molecule has 2 heterocycles. The molecule has 25 heavy (non-hydrogen) atoms. The monoisotopic (exact) mass is 352 g/mol. The highest BCUT2D eigenvalue weighted by atomic mass is 32.2. The van der Waals surface area contributed by atoms with Crippen LogP contribution in [0.5, 0.6) is 0 Å². The van der Waals surface area contributed by atoms with Crippen molar-refractivity contribution in [2.24, 2.45) is 0 Å². The number of carbonyl (C=O) groups is 1. The summed E-state index contributed by atoms with van der Waals surface area (Å²) in [6.45, 7) is 3.95. The molecule has 0 fully saturated rings. The van der Waals surface area contributed by atoms with Gasteiger partial charge in [0, 0.05) is 22.3 Å². The van der Waals surface area contributed by atoms with Crippen LogP contribution in [0, 0.1) is 6.92 Å². The van der Waals surface area contributed by atoms with Gasteiger partial charge in [0.2, 0.25) is 0 Å². The van der Waals surface area contributed by atoms with Gasteiger partial charge in [-0.3, -0.25) is 4.79 Å². The van der Waals surface area contributed by atoms with E-state index in [4.69, 9.17) is 0 Å². The highest BCUT2D eigenvalue weighted by molar-refractivity contribution is 7.98. The van der Waals surface area contributed by atoms with Crippen molar-refractivity contribution in [1.82, 2.24) is 20.1 Å². The van der Waals surface area contributed by atoms with E-state index in [0.717, 1.165) is 22.0 Å². The van der Waals surface area contributed by atoms with E-state index in [9.17, 15) is 4.79 Å². The number of carbonyl (C=O) groups excluding carboxylic acids is 1. The van der Waals surface area contributed by atoms with Gasteiger partial charge in [-0.05, 0) is 44.4 Å². The molecule has 2 aromatic heterocycles. The number of amides is 1. The molecule has 0 aliphatic heterocycles. The first-order valence-electron chi connectivity index (χ1n) is 8.01. The molecule has 3 aromatic rings. The summed E-state index contributed by atoms with van der Waals surface area (Å²) >= 11 is 1.57. The minimum Gasteiger partial charge on any atom is -0.345 e. The third-order valence-corrected chi connectivity index (χ3v) is 4.88. The molecule has 5 nitrogen and oxygen atoms in total. The van der Waals surface area contributed by atoms with Crippen molar-refractivity contribution in [3.63, 3.8) is 0 Å². The molecule has 1 atom stereocenters. The van der Waals surface area contributed by atoms with Crippen LogP contribution in [-0.4, -0.2) is 26.9 Å². The molecule has 0 aliphatic rings. The van der Waals surface area contributed by atoms with E-state index in [1.807, 2.05) is 62.6 Å². The molecule has 6 heteroatoms. The van der Waals surface area contributed by atoms with Crippen LogP contribution in [-0.2, 0) is 0 Å². The number of rotatable bonds is 5. The van der Waals surface area contributed by atoms with Crippen LogP contribution in [0.4, 0.5) is 0 Å². The fourth-order valence-electron chi connectivity index (χ4n) is 2.74. The van der Waals surface area contributed by atoms with E-state index in [-0.39, 0.29) is 11.9 Å². The van der Waals surface area contributed by atoms with E-state index in [0.29, 0.717) is 5.56 Å². The molecule has 1 amide bonds. The summed E-state index contributed by atoms with van der Waals surface area (Å²) in [7, 11) is 0. The Morgan fingerprint density at radius 3 is 2.68 bits per heavy atom. The minimum absolute atomic E-state index is 0.0811. The van der Waals surface area contributed by atoms with Crippen LogP contribution in [0.3, 0.4) is 0 Å². The van der Waals surface area contributed by atoms with Gasteiger partial charge in [0.15, 0.2) is 5.82 Å². The Balaban J connectivity index is 1.81. The third-order valence-electron chi connectivity index (χ3n) is 4.08. The average Bonchev–Trinajstić information content (AvgIpc) is 3.03. The molecule has 1 aromatic carbocycles. The largest absolute Gasteiger partial charge is 0.345 e. The second kappa shape index (κ2) is 7.53. The Bertz CT molecular complexity index is 876. The molecule has 0 unspecified atom stereocenters. The van der Waals surface area contributed by atoms with Gasteiger partial charge in [-0.1, -0.05) is 18.2 Å². The molecule has 0 radical (unpaired) electrons. The van der Waals surface area contributed by atoms with Gasteiger partial charge >= 0.3 is 0 Å². The Morgan fingerprint density at radius 1 is 1.20 bits per heavy atom. The lowest BCUT2D eigenvalue weighted by Gasteiger charge is -2.15. The average molecular weight is 352 g/mol. The summed E-state index contributed by atoms with van der Waals surface area (Å²) in [5.74, 6) is 0.681. The molecular weight excluding hydrogens is 332 g/mol. The molecule has 0 saturated heterocycles. The number of hydrogen-bond donors (Lipinski definition) is 1. The Kier molecular flexibility index (Phi) is 5.19. The minimum atomic E-state index is -0.153. The predicted octanol–water partition coefficient (Wildman–Crippen LogP) is 3.79. The number of nitrogens with one attached hydrogen (secondary N) is 1. The van der Waals surface area contributed by atoms with Crippen molar-refractivity contribution in [1.29, 1.82) is 0 Å². The van der Waals surface area contributed by atoms with Crippen molar-refractivity contribution in [3.05, 3.63) is 71.7 Å². The normalized spacial score (nSPS) is 12.0. The molecule has 0 aliphatic carbocycles. The molecule has 0 saturated carbocycles. The lowest BCUT2D eigenvalue weighted by atomic mass is 10.1. The maximum Gasteiger partial charge on any atom is 0.252 e. The third kappa shape index (κ3) is 3.58. The lowest BCUT2D eigenvalue weighted by Crippen LogP contribution is -2.27. The molecule has 128 valence electrons. The zero-order valence-corrected chi connectivity index (χ0v) is 15.2. The van der Waals surface area contributed by atoms with E-state index in [2.05, 4.69) is 15.4 Å². The summed E-state index contributed by atoms with van der Waals surface area (Å²) < 4.78 is 1.79. The van der Waals surface area contributed by atoms with Gasteiger partial charge < -0.3 is 5.32 Å². The van der Waals surface area contributed by atoms with Crippen LogP contribution in [0.2, 0.25) is 0 Å². The molecule has 0 bridgehead atoms. The topological polar surface area (TPSA) is 59.8 Å². The highest BCUT2D eigenvalue weighted by Gasteiger charge is 2.18. The first-order chi connectivity index (χ1) is 12.1. The SMILES string of the molecule is CSc1ccccc1C(=O)N[C@H](C)c1cnn(-c2ccccn2)c1C. The second-order valence-corrected chi connectivity index (χ2v) is 6.53.